The number of aryl methyl sites for hydroxylation is 1. The molecule has 0 spiro atoms. The van der Waals surface area contributed by atoms with Gasteiger partial charge in [-0.15, -0.1) is 0 Å². The Morgan fingerprint density at radius 2 is 1.64 bits per heavy atom. The van der Waals surface area contributed by atoms with Gasteiger partial charge in [0.25, 0.3) is 0 Å². The predicted octanol–water partition coefficient (Wildman–Crippen LogP) is 3.45. The largest absolute Gasteiger partial charge is 0.350 e. The van der Waals surface area contributed by atoms with Gasteiger partial charge in [0.05, 0.1) is 25.5 Å². The SMILES string of the molecule is CCOP(=O)(CC(=O)NCc1ccc(C(=O)c2ccc(C)cc2)n1C)OCC. The lowest BCUT2D eigenvalue weighted by molar-refractivity contribution is -0.119. The Kier molecular flexibility index (Phi) is 7.75. The van der Waals surface area contributed by atoms with Gasteiger partial charge < -0.3 is 18.9 Å². The summed E-state index contributed by atoms with van der Waals surface area (Å²) in [6.07, 6.45) is -0.339. The van der Waals surface area contributed by atoms with E-state index >= 15 is 0 Å². The maximum atomic E-state index is 12.7. The van der Waals surface area contributed by atoms with Gasteiger partial charge in [-0.3, -0.25) is 14.2 Å². The number of hydrogen-bond acceptors (Lipinski definition) is 5. The molecule has 0 saturated carbocycles. The Morgan fingerprint density at radius 3 is 2.21 bits per heavy atom. The van der Waals surface area contributed by atoms with Gasteiger partial charge in [-0.2, -0.15) is 0 Å². The van der Waals surface area contributed by atoms with Crippen LogP contribution < -0.4 is 5.32 Å². The third-order valence-electron chi connectivity index (χ3n) is 4.23. The van der Waals surface area contributed by atoms with Crippen LogP contribution in [-0.2, 0) is 32.0 Å². The van der Waals surface area contributed by atoms with Crippen molar-refractivity contribution in [3.8, 4) is 0 Å². The molecule has 0 saturated heterocycles. The maximum absolute atomic E-state index is 12.7. The highest BCUT2D eigenvalue weighted by Crippen LogP contribution is 2.47. The molecule has 1 aromatic heterocycles. The number of benzene rings is 1. The van der Waals surface area contributed by atoms with E-state index < -0.39 is 13.5 Å². The summed E-state index contributed by atoms with van der Waals surface area (Å²) in [5, 5.41) is 2.71. The zero-order valence-electron chi connectivity index (χ0n) is 16.7. The molecule has 0 fully saturated rings. The fourth-order valence-electron chi connectivity index (χ4n) is 2.75. The van der Waals surface area contributed by atoms with E-state index in [1.165, 1.54) is 0 Å². The van der Waals surface area contributed by atoms with Crippen LogP contribution in [0.15, 0.2) is 36.4 Å². The number of nitrogens with zero attached hydrogens (tertiary/aromatic N) is 1. The van der Waals surface area contributed by atoms with Gasteiger partial charge in [-0.25, -0.2) is 0 Å². The highest BCUT2D eigenvalue weighted by Gasteiger charge is 2.27. The molecule has 0 radical (unpaired) electrons. The van der Waals surface area contributed by atoms with E-state index in [4.69, 9.17) is 9.05 Å². The van der Waals surface area contributed by atoms with Crippen molar-refractivity contribution < 1.29 is 23.2 Å². The molecule has 0 aliphatic rings. The highest BCUT2D eigenvalue weighted by atomic mass is 31.2. The van der Waals surface area contributed by atoms with Crippen LogP contribution in [0.2, 0.25) is 0 Å². The third kappa shape index (κ3) is 5.64. The summed E-state index contributed by atoms with van der Waals surface area (Å²) in [5.41, 5.74) is 2.98. The zero-order chi connectivity index (χ0) is 20.7. The quantitative estimate of drug-likeness (QED) is 0.482. The summed E-state index contributed by atoms with van der Waals surface area (Å²) in [4.78, 5) is 24.9. The van der Waals surface area contributed by atoms with Gasteiger partial charge in [0.1, 0.15) is 6.16 Å². The minimum atomic E-state index is -3.44. The van der Waals surface area contributed by atoms with Crippen LogP contribution >= 0.6 is 7.60 Å². The van der Waals surface area contributed by atoms with E-state index in [1.807, 2.05) is 19.1 Å². The van der Waals surface area contributed by atoms with Gasteiger partial charge >= 0.3 is 7.60 Å². The van der Waals surface area contributed by atoms with Crippen molar-refractivity contribution in [1.82, 2.24) is 9.88 Å². The van der Waals surface area contributed by atoms with E-state index in [0.29, 0.717) is 11.3 Å². The second-order valence-electron chi connectivity index (χ2n) is 6.35. The molecule has 0 aliphatic carbocycles. The molecule has 0 bridgehead atoms. The first kappa shape index (κ1) is 22.1. The van der Waals surface area contributed by atoms with Gasteiger partial charge in [0, 0.05) is 18.3 Å². The number of nitrogens with one attached hydrogen (secondary N) is 1. The summed E-state index contributed by atoms with van der Waals surface area (Å²) in [7, 11) is -1.66. The number of carbonyl (C=O) groups excluding carboxylic acids is 2. The van der Waals surface area contributed by atoms with E-state index in [1.54, 1.807) is 49.7 Å². The molecule has 7 nitrogen and oxygen atoms in total. The van der Waals surface area contributed by atoms with Crippen molar-refractivity contribution in [2.45, 2.75) is 27.3 Å². The van der Waals surface area contributed by atoms with Crippen LogP contribution in [0.25, 0.3) is 0 Å². The second-order valence-corrected chi connectivity index (χ2v) is 8.40. The average molecular weight is 406 g/mol. The van der Waals surface area contributed by atoms with Crippen molar-refractivity contribution in [3.63, 3.8) is 0 Å². The van der Waals surface area contributed by atoms with E-state index in [2.05, 4.69) is 5.32 Å². The molecule has 0 aliphatic heterocycles. The normalized spacial score (nSPS) is 11.4. The first-order valence-electron chi connectivity index (χ1n) is 9.20. The van der Waals surface area contributed by atoms with Gasteiger partial charge in [-0.1, -0.05) is 29.8 Å². The molecule has 28 heavy (non-hydrogen) atoms. The average Bonchev–Trinajstić information content (AvgIpc) is 3.01. The minimum absolute atomic E-state index is 0.0859. The van der Waals surface area contributed by atoms with Crippen LogP contribution in [0.5, 0.6) is 0 Å². The molecular formula is C20H27N2O5P. The Hall–Kier alpha value is -2.21. The molecule has 0 atom stereocenters. The molecule has 1 amide bonds. The number of amides is 1. The summed E-state index contributed by atoms with van der Waals surface area (Å²) >= 11 is 0. The zero-order valence-corrected chi connectivity index (χ0v) is 17.6. The standard InChI is InChI=1S/C20H27N2O5P/c1-5-26-28(25,27-6-2)14-19(23)21-13-17-11-12-18(22(17)4)20(24)16-9-7-15(3)8-10-16/h7-12H,5-6,13-14H2,1-4H3,(H,21,23). The molecule has 152 valence electrons. The number of hydrogen-bond donors (Lipinski definition) is 1. The van der Waals surface area contributed by atoms with Crippen molar-refractivity contribution >= 4 is 19.3 Å². The third-order valence-corrected chi connectivity index (χ3v) is 6.21. The Bertz CT molecular complexity index is 863. The van der Waals surface area contributed by atoms with Crippen molar-refractivity contribution in [2.24, 2.45) is 7.05 Å². The number of carbonyl (C=O) groups is 2. The Labute approximate surface area is 165 Å². The van der Waals surface area contributed by atoms with E-state index in [9.17, 15) is 14.2 Å². The van der Waals surface area contributed by atoms with Gasteiger partial charge in [0.15, 0.2) is 0 Å². The predicted molar refractivity (Wildman–Crippen MR) is 108 cm³/mol. The summed E-state index contributed by atoms with van der Waals surface area (Å²) < 4.78 is 24.4. The van der Waals surface area contributed by atoms with Crippen LogP contribution in [0.4, 0.5) is 0 Å². The Balaban J connectivity index is 2.02. The molecule has 2 aromatic rings. The van der Waals surface area contributed by atoms with Crippen LogP contribution in [0, 0.1) is 6.92 Å². The number of rotatable bonds is 10. The molecule has 1 aromatic carbocycles. The topological polar surface area (TPSA) is 86.6 Å². The first-order chi connectivity index (χ1) is 13.3. The summed E-state index contributed by atoms with van der Waals surface area (Å²) in [6.45, 7) is 5.96. The summed E-state index contributed by atoms with van der Waals surface area (Å²) in [6, 6.07) is 10.9. The number of ketones is 1. The highest BCUT2D eigenvalue weighted by molar-refractivity contribution is 7.54. The molecule has 2 rings (SSSR count). The van der Waals surface area contributed by atoms with Gasteiger partial charge in [-0.05, 0) is 32.9 Å². The Morgan fingerprint density at radius 1 is 1.04 bits per heavy atom. The fourth-order valence-corrected chi connectivity index (χ4v) is 4.26. The van der Waals surface area contributed by atoms with Crippen LogP contribution in [0.3, 0.4) is 0 Å². The van der Waals surface area contributed by atoms with E-state index in [-0.39, 0.29) is 31.7 Å². The smallest absolute Gasteiger partial charge is 0.340 e. The monoisotopic (exact) mass is 406 g/mol. The van der Waals surface area contributed by atoms with Crippen LogP contribution in [-0.4, -0.2) is 35.6 Å². The molecule has 1 N–H and O–H groups in total. The number of aromatic nitrogens is 1. The maximum Gasteiger partial charge on any atom is 0.340 e. The second kappa shape index (κ2) is 9.82. The van der Waals surface area contributed by atoms with Crippen LogP contribution in [0.1, 0.15) is 41.2 Å². The first-order valence-corrected chi connectivity index (χ1v) is 10.9. The van der Waals surface area contributed by atoms with Gasteiger partial charge in [0.2, 0.25) is 11.7 Å². The lowest BCUT2D eigenvalue weighted by atomic mass is 10.1. The van der Waals surface area contributed by atoms with Crippen molar-refractivity contribution in [1.29, 1.82) is 0 Å². The molecule has 8 heteroatoms. The lowest BCUT2D eigenvalue weighted by Gasteiger charge is -2.16. The minimum Gasteiger partial charge on any atom is -0.350 e. The lowest BCUT2D eigenvalue weighted by Crippen LogP contribution is -2.27. The molecule has 1 heterocycles. The summed E-state index contributed by atoms with van der Waals surface area (Å²) in [5.74, 6) is -0.518. The van der Waals surface area contributed by atoms with E-state index in [0.717, 1.165) is 11.3 Å². The van der Waals surface area contributed by atoms with Crippen molar-refractivity contribution in [2.75, 3.05) is 19.4 Å². The fraction of sp³-hybridized carbons (Fsp3) is 0.400. The van der Waals surface area contributed by atoms with Crippen molar-refractivity contribution in [3.05, 3.63) is 58.9 Å². The molecular weight excluding hydrogens is 379 g/mol. The molecule has 0 unspecified atom stereocenters.